The molecule has 0 aliphatic rings. The van der Waals surface area contributed by atoms with Crippen molar-refractivity contribution in [1.82, 2.24) is 0 Å². The van der Waals surface area contributed by atoms with Crippen LogP contribution in [0.3, 0.4) is 0 Å². The highest BCUT2D eigenvalue weighted by molar-refractivity contribution is 5.53. The first-order valence-corrected chi connectivity index (χ1v) is 1.87. The number of rotatable bonds is 4. The number of carbonyl (C=O) groups excluding carboxylic acids is 2. The lowest BCUT2D eigenvalue weighted by atomic mass is 10.8. The van der Waals surface area contributed by atoms with Gasteiger partial charge in [-0.3, -0.25) is 0 Å². The van der Waals surface area contributed by atoms with Gasteiger partial charge >= 0.3 is 0 Å². The molecule has 0 amide bonds. The Hall–Kier alpha value is -0.700. The summed E-state index contributed by atoms with van der Waals surface area (Å²) in [6.07, 6.45) is 1.20. The summed E-state index contributed by atoms with van der Waals surface area (Å²) in [4.78, 5) is 18.9. The van der Waals surface area contributed by atoms with Crippen LogP contribution in [0.1, 0.15) is 14.9 Å². The highest BCUT2D eigenvalue weighted by atomic mass is 16.5. The van der Waals surface area contributed by atoms with E-state index in [0.717, 1.165) is 0 Å². The Bertz CT molecular complexity index is 53.3. The van der Waals surface area contributed by atoms with E-state index < -0.39 is 0 Å². The quantitative estimate of drug-likeness (QED) is 0.419. The van der Waals surface area contributed by atoms with Gasteiger partial charge in [0.2, 0.25) is 0 Å². The predicted molar refractivity (Wildman–Crippen MR) is 36.4 cm³/mol. The summed E-state index contributed by atoms with van der Waals surface area (Å²) in [6.45, 7) is 0.0253. The Morgan fingerprint density at radius 3 is 1.56 bits per heavy atom. The van der Waals surface area contributed by atoms with E-state index in [9.17, 15) is 9.59 Å². The molecule has 0 atom stereocenters. The van der Waals surface area contributed by atoms with Crippen LogP contribution in [0.4, 0.5) is 0 Å². The molecule has 3 nitrogen and oxygen atoms in total. The molecule has 0 saturated heterocycles. The second-order valence-corrected chi connectivity index (χ2v) is 0.871. The zero-order chi connectivity index (χ0) is 5.54. The molecule has 0 N–H and O–H groups in total. The van der Waals surface area contributed by atoms with E-state index >= 15 is 0 Å². The van der Waals surface area contributed by atoms with Gasteiger partial charge in [-0.1, -0.05) is 14.9 Å². The van der Waals surface area contributed by atoms with Gasteiger partial charge in [-0.05, 0) is 0 Å². The van der Waals surface area contributed by atoms with Crippen LogP contribution in [0.15, 0.2) is 0 Å². The molecule has 0 spiro atoms. The molecule has 0 rings (SSSR count). The van der Waals surface area contributed by atoms with Gasteiger partial charge in [0, 0.05) is 0 Å². The van der Waals surface area contributed by atoms with E-state index in [1.165, 1.54) is 0 Å². The van der Waals surface area contributed by atoms with E-state index in [-0.39, 0.29) is 28.1 Å². The van der Waals surface area contributed by atoms with Gasteiger partial charge < -0.3 is 14.3 Å². The van der Waals surface area contributed by atoms with Crippen molar-refractivity contribution in [2.24, 2.45) is 0 Å². The minimum Gasteiger partial charge on any atom is -0.367 e. The lowest BCUT2D eigenvalue weighted by molar-refractivity contribution is -0.116. The van der Waals surface area contributed by atoms with Gasteiger partial charge in [0.05, 0.1) is 0 Å². The molecule has 0 aromatic heterocycles. The minimum absolute atomic E-state index is 0. The summed E-state index contributed by atoms with van der Waals surface area (Å²) < 4.78 is 4.40. The van der Waals surface area contributed by atoms with Crippen molar-refractivity contribution in [2.75, 3.05) is 13.2 Å². The summed E-state index contributed by atoms with van der Waals surface area (Å²) in [5, 5.41) is 0. The molecule has 0 aromatic rings. The first kappa shape index (κ1) is 15.7. The van der Waals surface area contributed by atoms with Crippen LogP contribution in [0.25, 0.3) is 0 Å². The normalized spacial score (nSPS) is 6.22. The lowest BCUT2D eigenvalue weighted by Gasteiger charge is -1.85. The summed E-state index contributed by atoms with van der Waals surface area (Å²) in [6, 6.07) is 0. The number of aldehydes is 2. The molecular weight excluding hydrogens is 120 g/mol. The van der Waals surface area contributed by atoms with Crippen molar-refractivity contribution in [3.8, 4) is 0 Å². The fraction of sp³-hybridized carbons (Fsp3) is 0.667. The first-order chi connectivity index (χ1) is 3.41. The standard InChI is InChI=1S/C4H6O3.2CH4/c5-1-3-7-4-2-6;;/h1-2H,3-4H2;2*1H4. The SMILES string of the molecule is C.C.O=CCOCC=O. The Kier molecular flexibility index (Phi) is 27.4. The van der Waals surface area contributed by atoms with Gasteiger partial charge in [-0.15, -0.1) is 0 Å². The van der Waals surface area contributed by atoms with Crippen LogP contribution >= 0.6 is 0 Å². The van der Waals surface area contributed by atoms with Crippen molar-refractivity contribution < 1.29 is 14.3 Å². The van der Waals surface area contributed by atoms with Crippen molar-refractivity contribution in [3.63, 3.8) is 0 Å². The fourth-order valence-electron chi connectivity index (χ4n) is 0.164. The van der Waals surface area contributed by atoms with E-state index in [0.29, 0.717) is 12.6 Å². The third kappa shape index (κ3) is 18.8. The van der Waals surface area contributed by atoms with Crippen LogP contribution in [0, 0.1) is 0 Å². The zero-order valence-electron chi connectivity index (χ0n) is 3.79. The fourth-order valence-corrected chi connectivity index (χ4v) is 0.164. The maximum atomic E-state index is 9.44. The number of hydrogen-bond acceptors (Lipinski definition) is 3. The Balaban J connectivity index is -0.000000180. The highest BCUT2D eigenvalue weighted by Crippen LogP contribution is 1.61. The summed E-state index contributed by atoms with van der Waals surface area (Å²) >= 11 is 0. The lowest BCUT2D eigenvalue weighted by Crippen LogP contribution is -1.97. The maximum absolute atomic E-state index is 9.44. The summed E-state index contributed by atoms with van der Waals surface area (Å²) in [5.74, 6) is 0. The molecule has 0 aromatic carbocycles. The topological polar surface area (TPSA) is 43.4 Å². The van der Waals surface area contributed by atoms with E-state index in [4.69, 9.17) is 0 Å². The zero-order valence-corrected chi connectivity index (χ0v) is 3.79. The molecule has 0 unspecified atom stereocenters. The first-order valence-electron chi connectivity index (χ1n) is 1.87. The molecule has 0 saturated carbocycles. The molecule has 3 heteroatoms. The maximum Gasteiger partial charge on any atom is 0.145 e. The van der Waals surface area contributed by atoms with E-state index in [1.54, 1.807) is 0 Å². The third-order valence-corrected chi connectivity index (χ3v) is 0.372. The number of carbonyl (C=O) groups is 2. The molecule has 0 aliphatic carbocycles. The van der Waals surface area contributed by atoms with Crippen LogP contribution in [0.2, 0.25) is 0 Å². The van der Waals surface area contributed by atoms with Gasteiger partial charge in [0.15, 0.2) is 0 Å². The van der Waals surface area contributed by atoms with Crippen LogP contribution in [-0.4, -0.2) is 25.8 Å². The van der Waals surface area contributed by atoms with Crippen LogP contribution in [0.5, 0.6) is 0 Å². The molecule has 0 aliphatic heterocycles. The minimum atomic E-state index is 0. The Labute approximate surface area is 56.0 Å². The van der Waals surface area contributed by atoms with Crippen molar-refractivity contribution in [1.29, 1.82) is 0 Å². The smallest absolute Gasteiger partial charge is 0.145 e. The van der Waals surface area contributed by atoms with Crippen molar-refractivity contribution >= 4 is 12.6 Å². The average molecular weight is 134 g/mol. The second-order valence-electron chi connectivity index (χ2n) is 0.871. The molecule has 0 heterocycles. The number of hydrogen-bond donors (Lipinski definition) is 0. The predicted octanol–water partition coefficient (Wildman–Crippen LogP) is 0.673. The molecule has 9 heavy (non-hydrogen) atoms. The molecule has 0 radical (unpaired) electrons. The van der Waals surface area contributed by atoms with Crippen LogP contribution in [-0.2, 0) is 14.3 Å². The molecule has 0 fully saturated rings. The molecule has 0 bridgehead atoms. The summed E-state index contributed by atoms with van der Waals surface area (Å²) in [7, 11) is 0. The van der Waals surface area contributed by atoms with Gasteiger partial charge in [-0.2, -0.15) is 0 Å². The van der Waals surface area contributed by atoms with Gasteiger partial charge in [0.25, 0.3) is 0 Å². The van der Waals surface area contributed by atoms with E-state index in [1.807, 2.05) is 0 Å². The number of ether oxygens (including phenoxy) is 1. The monoisotopic (exact) mass is 134 g/mol. The average Bonchev–Trinajstić information content (AvgIpc) is 1.69. The van der Waals surface area contributed by atoms with Crippen molar-refractivity contribution in [2.45, 2.75) is 14.9 Å². The molecular formula is C6H14O3. The van der Waals surface area contributed by atoms with E-state index in [2.05, 4.69) is 4.74 Å². The second kappa shape index (κ2) is 15.7. The van der Waals surface area contributed by atoms with Crippen LogP contribution < -0.4 is 0 Å². The van der Waals surface area contributed by atoms with Gasteiger partial charge in [0.1, 0.15) is 25.8 Å². The Morgan fingerprint density at radius 1 is 1.00 bits per heavy atom. The largest absolute Gasteiger partial charge is 0.367 e. The third-order valence-electron chi connectivity index (χ3n) is 0.372. The molecule has 56 valence electrons. The highest BCUT2D eigenvalue weighted by Gasteiger charge is 1.77. The Morgan fingerprint density at radius 2 is 1.33 bits per heavy atom. The van der Waals surface area contributed by atoms with Crippen molar-refractivity contribution in [3.05, 3.63) is 0 Å². The van der Waals surface area contributed by atoms with Gasteiger partial charge in [-0.25, -0.2) is 0 Å². The summed E-state index contributed by atoms with van der Waals surface area (Å²) in [5.41, 5.74) is 0.